The molecule has 6 aliphatic rings. The second-order valence-corrected chi connectivity index (χ2v) is 21.1. The Morgan fingerprint density at radius 2 is 1.60 bits per heavy atom. The highest BCUT2D eigenvalue weighted by molar-refractivity contribution is 5.70. The molecule has 2 spiro atoms. The lowest BCUT2D eigenvalue weighted by atomic mass is 9.78. The van der Waals surface area contributed by atoms with Crippen LogP contribution in [0.25, 0.3) is 0 Å². The van der Waals surface area contributed by atoms with Crippen LogP contribution in [0.3, 0.4) is 0 Å². The molecule has 0 aliphatic carbocycles. The van der Waals surface area contributed by atoms with Crippen molar-refractivity contribution in [1.82, 2.24) is 0 Å². The molecular weight excluding hydrogens is 829 g/mol. The van der Waals surface area contributed by atoms with Crippen molar-refractivity contribution in [1.29, 1.82) is 0 Å². The summed E-state index contributed by atoms with van der Waals surface area (Å²) in [5.74, 6) is -2.21. The topological polar surface area (TPSA) is 130 Å². The molecule has 8 rings (SSSR count). The molecule has 12 heteroatoms. The lowest BCUT2D eigenvalue weighted by molar-refractivity contribution is -0.339. The molecule has 6 heterocycles. The van der Waals surface area contributed by atoms with Gasteiger partial charge in [0.25, 0.3) is 0 Å². The predicted molar refractivity (Wildman–Crippen MR) is 244 cm³/mol. The molecule has 18 atom stereocenters. The van der Waals surface area contributed by atoms with Gasteiger partial charge < -0.3 is 52.5 Å². The minimum absolute atomic E-state index is 0.0410. The first-order valence-corrected chi connectivity index (χ1v) is 24.8. The van der Waals surface area contributed by atoms with E-state index in [2.05, 4.69) is 72.7 Å². The first kappa shape index (κ1) is 48.8. The van der Waals surface area contributed by atoms with Crippen molar-refractivity contribution in [3.8, 4) is 5.75 Å². The van der Waals surface area contributed by atoms with E-state index in [0.29, 0.717) is 26.1 Å². The minimum Gasteiger partial charge on any atom is -0.497 e. The summed E-state index contributed by atoms with van der Waals surface area (Å²) in [5, 5.41) is 10.0. The van der Waals surface area contributed by atoms with Gasteiger partial charge in [0.15, 0.2) is 17.9 Å². The summed E-state index contributed by atoms with van der Waals surface area (Å²) in [5.41, 5.74) is 2.25. The molecule has 65 heavy (non-hydrogen) atoms. The summed E-state index contributed by atoms with van der Waals surface area (Å²) in [4.78, 5) is 12.2. The van der Waals surface area contributed by atoms with Crippen LogP contribution in [-0.2, 0) is 60.5 Å². The number of carbonyl (C=O) groups is 1. The van der Waals surface area contributed by atoms with Crippen LogP contribution >= 0.6 is 0 Å². The van der Waals surface area contributed by atoms with Crippen LogP contribution < -0.4 is 4.74 Å². The summed E-state index contributed by atoms with van der Waals surface area (Å²) in [7, 11) is 3.25. The van der Waals surface area contributed by atoms with E-state index < -0.39 is 47.1 Å². The number of ether oxygens (including phenoxy) is 10. The number of carboxylic acid groups (broad SMARTS) is 1. The quantitative estimate of drug-likeness (QED) is 0.183. The number of hydrogen-bond acceptors (Lipinski definition) is 11. The Morgan fingerprint density at radius 1 is 0.877 bits per heavy atom. The SMILES string of the molecule is CCc1ccc(CO[C@H]2C[C@]3(CC[C@@](C)([C@H]4CC[C@@](CC)([C@@H]5O[C@@H]([C@H]6O[C@@]7(COC(c8ccc(OC)cc8)O7)[C@H](C)C[C@@H]6C)C[C@@H]5C)O4)O3)O[C@H]([C@@H](C)[C@@H](OC)[C@H](C)C(=O)O)[C@@H]2C)cc1. The molecule has 0 saturated carbocycles. The maximum atomic E-state index is 12.2. The van der Waals surface area contributed by atoms with Gasteiger partial charge in [-0.2, -0.15) is 0 Å². The van der Waals surface area contributed by atoms with Crippen LogP contribution in [0.1, 0.15) is 137 Å². The van der Waals surface area contributed by atoms with Crippen molar-refractivity contribution >= 4 is 5.97 Å². The lowest BCUT2D eigenvalue weighted by Crippen LogP contribution is -2.57. The Balaban J connectivity index is 0.963. The van der Waals surface area contributed by atoms with Gasteiger partial charge in [-0.25, -0.2) is 0 Å². The molecule has 1 unspecified atom stereocenters. The van der Waals surface area contributed by atoms with Gasteiger partial charge in [0.2, 0.25) is 0 Å². The van der Waals surface area contributed by atoms with Gasteiger partial charge in [0.1, 0.15) is 12.4 Å². The van der Waals surface area contributed by atoms with E-state index in [4.69, 9.17) is 47.4 Å². The zero-order valence-corrected chi connectivity index (χ0v) is 40.9. The van der Waals surface area contributed by atoms with E-state index in [9.17, 15) is 9.90 Å². The van der Waals surface area contributed by atoms with Crippen LogP contribution in [0.4, 0.5) is 0 Å². The first-order valence-electron chi connectivity index (χ1n) is 24.8. The van der Waals surface area contributed by atoms with E-state index in [0.717, 1.165) is 61.8 Å². The summed E-state index contributed by atoms with van der Waals surface area (Å²) >= 11 is 0. The number of methoxy groups -OCH3 is 2. The van der Waals surface area contributed by atoms with Gasteiger partial charge in [0, 0.05) is 43.3 Å². The van der Waals surface area contributed by atoms with Crippen LogP contribution in [0.2, 0.25) is 0 Å². The number of benzene rings is 2. The van der Waals surface area contributed by atoms with Crippen LogP contribution in [0, 0.1) is 35.5 Å². The Bertz CT molecular complexity index is 1910. The van der Waals surface area contributed by atoms with Crippen molar-refractivity contribution in [3.05, 3.63) is 65.2 Å². The van der Waals surface area contributed by atoms with E-state index in [1.807, 2.05) is 31.2 Å². The molecular formula is C53H78O12. The van der Waals surface area contributed by atoms with E-state index in [-0.39, 0.29) is 66.2 Å². The van der Waals surface area contributed by atoms with Crippen molar-refractivity contribution in [3.63, 3.8) is 0 Å². The zero-order chi connectivity index (χ0) is 46.5. The third kappa shape index (κ3) is 9.43. The molecule has 1 N–H and O–H groups in total. The van der Waals surface area contributed by atoms with Gasteiger partial charge in [-0.05, 0) is 93.9 Å². The minimum atomic E-state index is -0.926. The lowest BCUT2D eigenvalue weighted by Gasteiger charge is -2.50. The number of carboxylic acids is 1. The Hall–Kier alpha value is -2.65. The van der Waals surface area contributed by atoms with Gasteiger partial charge in [-0.1, -0.05) is 84.9 Å². The van der Waals surface area contributed by atoms with Crippen LogP contribution in [0.5, 0.6) is 5.75 Å². The molecule has 6 aliphatic heterocycles. The Kier molecular flexibility index (Phi) is 14.6. The molecule has 0 radical (unpaired) electrons. The third-order valence-corrected chi connectivity index (χ3v) is 16.8. The molecule has 362 valence electrons. The fourth-order valence-corrected chi connectivity index (χ4v) is 12.7. The molecule has 2 aromatic rings. The van der Waals surface area contributed by atoms with Gasteiger partial charge >= 0.3 is 5.97 Å². The Morgan fingerprint density at radius 3 is 2.26 bits per heavy atom. The second kappa shape index (κ2) is 19.4. The predicted octanol–water partition coefficient (Wildman–Crippen LogP) is 9.83. The summed E-state index contributed by atoms with van der Waals surface area (Å²) in [6.07, 6.45) is 5.17. The van der Waals surface area contributed by atoms with Crippen molar-refractivity contribution in [2.45, 2.75) is 199 Å². The Labute approximate surface area is 388 Å². The highest BCUT2D eigenvalue weighted by Crippen LogP contribution is 2.56. The maximum absolute atomic E-state index is 12.2. The van der Waals surface area contributed by atoms with Crippen molar-refractivity contribution in [2.75, 3.05) is 20.8 Å². The molecule has 6 saturated heterocycles. The van der Waals surface area contributed by atoms with E-state index >= 15 is 0 Å². The number of hydrogen-bond donors (Lipinski definition) is 1. The fourth-order valence-electron chi connectivity index (χ4n) is 12.7. The standard InChI is InChI=1S/C53H78O12/c1-12-37-14-16-38(17-15-37)29-58-42-28-52(62-46(34(42)6)35(7)45(57-11)36(8)48(54)55)25-24-50(9,65-52)43-22-23-51(13-2,61-43)47-32(4)27-41(60-47)44-31(3)26-33(5)53(63-44)30-59-49(64-53)39-18-20-40(56-10)21-19-39/h14-21,31-36,41-47,49H,12-13,22-30H2,1-11H3,(H,54,55)/t31-,32-,33+,34+,35-,36-,41+,42-,43+,44-,45+,46-,47+,49?,50-,51-,52+,53+/m0/s1. The van der Waals surface area contributed by atoms with Crippen molar-refractivity contribution in [2.24, 2.45) is 35.5 Å². The van der Waals surface area contributed by atoms with Crippen molar-refractivity contribution < 1.29 is 57.3 Å². The second-order valence-electron chi connectivity index (χ2n) is 21.1. The summed E-state index contributed by atoms with van der Waals surface area (Å²) in [6, 6.07) is 16.4. The molecule has 12 nitrogen and oxygen atoms in total. The zero-order valence-electron chi connectivity index (χ0n) is 40.9. The van der Waals surface area contributed by atoms with E-state index in [1.165, 1.54) is 5.56 Å². The van der Waals surface area contributed by atoms with Gasteiger partial charge in [-0.15, -0.1) is 0 Å². The van der Waals surface area contributed by atoms with Gasteiger partial charge in [-0.3, -0.25) is 4.79 Å². The smallest absolute Gasteiger partial charge is 0.308 e. The molecule has 0 aromatic heterocycles. The molecule has 0 amide bonds. The summed E-state index contributed by atoms with van der Waals surface area (Å²) < 4.78 is 67.2. The maximum Gasteiger partial charge on any atom is 0.308 e. The molecule has 2 aromatic carbocycles. The van der Waals surface area contributed by atoms with Crippen LogP contribution in [-0.4, -0.2) is 97.4 Å². The number of aryl methyl sites for hydroxylation is 1. The fraction of sp³-hybridized carbons (Fsp3) is 0.755. The summed E-state index contributed by atoms with van der Waals surface area (Å²) in [6.45, 7) is 20.1. The normalized spacial score (nSPS) is 42.1. The van der Waals surface area contributed by atoms with E-state index in [1.54, 1.807) is 21.1 Å². The first-order chi connectivity index (χ1) is 31.0. The average Bonchev–Trinajstić information content (AvgIpc) is 4.11. The highest BCUT2D eigenvalue weighted by atomic mass is 16.8. The van der Waals surface area contributed by atoms with Gasteiger partial charge in [0.05, 0.1) is 73.6 Å². The number of rotatable bonds is 15. The molecule has 6 fully saturated rings. The van der Waals surface area contributed by atoms with Crippen LogP contribution in [0.15, 0.2) is 48.5 Å². The third-order valence-electron chi connectivity index (χ3n) is 16.8. The largest absolute Gasteiger partial charge is 0.497 e. The number of aliphatic carboxylic acids is 1. The monoisotopic (exact) mass is 907 g/mol. The average molecular weight is 907 g/mol. The highest BCUT2D eigenvalue weighted by Gasteiger charge is 2.63. The molecule has 0 bridgehead atoms.